The van der Waals surface area contributed by atoms with Crippen LogP contribution in [0.5, 0.6) is 0 Å². The summed E-state index contributed by atoms with van der Waals surface area (Å²) in [6, 6.07) is 2.52. The predicted octanol–water partition coefficient (Wildman–Crippen LogP) is 1.33. The predicted molar refractivity (Wildman–Crippen MR) is 81.4 cm³/mol. The van der Waals surface area contributed by atoms with Crippen LogP contribution in [0.1, 0.15) is 30.3 Å². The summed E-state index contributed by atoms with van der Waals surface area (Å²) in [7, 11) is 2.00. The van der Waals surface area contributed by atoms with Crippen LogP contribution < -0.4 is 5.32 Å². The first-order valence-corrected chi connectivity index (χ1v) is 7.50. The summed E-state index contributed by atoms with van der Waals surface area (Å²) in [5, 5.41) is 3.22. The van der Waals surface area contributed by atoms with E-state index in [9.17, 15) is 0 Å². The number of aryl methyl sites for hydroxylation is 1. The van der Waals surface area contributed by atoms with Gasteiger partial charge in [0.2, 0.25) is 5.95 Å². The molecule has 0 spiro atoms. The number of aromatic nitrogens is 4. The van der Waals surface area contributed by atoms with Crippen LogP contribution in [0.3, 0.4) is 0 Å². The van der Waals surface area contributed by atoms with Crippen molar-refractivity contribution in [3.05, 3.63) is 36.2 Å². The Morgan fingerprint density at radius 3 is 3.05 bits per heavy atom. The van der Waals surface area contributed by atoms with Crippen LogP contribution >= 0.6 is 0 Å². The summed E-state index contributed by atoms with van der Waals surface area (Å²) in [6.45, 7) is 5.24. The maximum atomic E-state index is 4.77. The molecule has 2 aromatic heterocycles. The maximum absolute atomic E-state index is 4.77. The van der Waals surface area contributed by atoms with E-state index in [1.165, 1.54) is 12.8 Å². The average Bonchev–Trinajstić information content (AvgIpc) is 3.15. The minimum absolute atomic E-state index is 0.405. The largest absolute Gasteiger partial charge is 0.318 e. The van der Waals surface area contributed by atoms with Crippen LogP contribution in [0.15, 0.2) is 24.8 Å². The van der Waals surface area contributed by atoms with E-state index < -0.39 is 0 Å². The van der Waals surface area contributed by atoms with E-state index in [0.29, 0.717) is 12.0 Å². The van der Waals surface area contributed by atoms with Gasteiger partial charge in [-0.3, -0.25) is 9.47 Å². The van der Waals surface area contributed by atoms with Gasteiger partial charge in [-0.2, -0.15) is 0 Å². The number of rotatable bonds is 5. The minimum Gasteiger partial charge on any atom is -0.318 e. The van der Waals surface area contributed by atoms with E-state index in [-0.39, 0.29) is 0 Å². The highest BCUT2D eigenvalue weighted by Gasteiger charge is 2.27. The van der Waals surface area contributed by atoms with Gasteiger partial charge >= 0.3 is 0 Å². The van der Waals surface area contributed by atoms with Gasteiger partial charge in [0.15, 0.2) is 0 Å². The standard InChI is InChI=1S/C15H22N6/c1-12-10-13(14-4-3-7-20(14)8-5-16-2)19-15(18-12)21-9-6-17-11-21/h6,9-11,14,16H,3-5,7-8H2,1-2H3. The molecule has 21 heavy (non-hydrogen) atoms. The van der Waals surface area contributed by atoms with E-state index >= 15 is 0 Å². The smallest absolute Gasteiger partial charge is 0.235 e. The number of nitrogens with zero attached hydrogens (tertiary/aromatic N) is 5. The van der Waals surface area contributed by atoms with Crippen molar-refractivity contribution < 1.29 is 0 Å². The number of hydrogen-bond donors (Lipinski definition) is 1. The molecule has 3 heterocycles. The normalized spacial score (nSPS) is 19.2. The molecule has 2 aromatic rings. The SMILES string of the molecule is CNCCN1CCCC1c1cc(C)nc(-n2ccnc2)n1. The summed E-state index contributed by atoms with van der Waals surface area (Å²) in [5.41, 5.74) is 2.13. The van der Waals surface area contributed by atoms with Crippen LogP contribution in [0.2, 0.25) is 0 Å². The monoisotopic (exact) mass is 286 g/mol. The van der Waals surface area contributed by atoms with Crippen LogP contribution in [0.25, 0.3) is 5.95 Å². The fourth-order valence-corrected chi connectivity index (χ4v) is 2.92. The van der Waals surface area contributed by atoms with Gasteiger partial charge in [0.25, 0.3) is 0 Å². The molecule has 0 radical (unpaired) electrons. The number of likely N-dealkylation sites (tertiary alicyclic amines) is 1. The molecule has 1 saturated heterocycles. The highest BCUT2D eigenvalue weighted by molar-refractivity contribution is 5.22. The molecule has 112 valence electrons. The summed E-state index contributed by atoms with van der Waals surface area (Å²) in [5.74, 6) is 0.711. The lowest BCUT2D eigenvalue weighted by molar-refractivity contribution is 0.254. The van der Waals surface area contributed by atoms with Crippen molar-refractivity contribution in [2.24, 2.45) is 0 Å². The molecule has 1 atom stereocenters. The molecule has 6 nitrogen and oxygen atoms in total. The topological polar surface area (TPSA) is 58.9 Å². The lowest BCUT2D eigenvalue weighted by Crippen LogP contribution is -2.31. The Labute approximate surface area is 125 Å². The van der Waals surface area contributed by atoms with Gasteiger partial charge in [-0.05, 0) is 39.4 Å². The van der Waals surface area contributed by atoms with E-state index in [4.69, 9.17) is 4.98 Å². The first-order valence-electron chi connectivity index (χ1n) is 7.50. The highest BCUT2D eigenvalue weighted by atomic mass is 15.2. The lowest BCUT2D eigenvalue weighted by atomic mass is 10.1. The van der Waals surface area contributed by atoms with Crippen LogP contribution in [-0.4, -0.2) is 51.1 Å². The fraction of sp³-hybridized carbons (Fsp3) is 0.533. The maximum Gasteiger partial charge on any atom is 0.235 e. The third-order valence-electron chi connectivity index (χ3n) is 3.95. The second-order valence-corrected chi connectivity index (χ2v) is 5.50. The zero-order chi connectivity index (χ0) is 14.7. The summed E-state index contributed by atoms with van der Waals surface area (Å²) in [4.78, 5) is 15.9. The molecular weight excluding hydrogens is 264 g/mol. The van der Waals surface area contributed by atoms with Crippen molar-refractivity contribution in [1.82, 2.24) is 29.7 Å². The van der Waals surface area contributed by atoms with Crippen LogP contribution in [0.4, 0.5) is 0 Å². The Kier molecular flexibility index (Phi) is 4.26. The molecule has 1 aliphatic rings. The molecule has 0 bridgehead atoms. The van der Waals surface area contributed by atoms with Gasteiger partial charge in [-0.1, -0.05) is 0 Å². The molecule has 0 saturated carbocycles. The zero-order valence-electron chi connectivity index (χ0n) is 12.7. The minimum atomic E-state index is 0.405. The number of nitrogens with one attached hydrogen (secondary N) is 1. The summed E-state index contributed by atoms with van der Waals surface area (Å²) >= 11 is 0. The van der Waals surface area contributed by atoms with Crippen molar-refractivity contribution >= 4 is 0 Å². The Hall–Kier alpha value is -1.79. The van der Waals surface area contributed by atoms with E-state index in [2.05, 4.69) is 26.3 Å². The quantitative estimate of drug-likeness (QED) is 0.898. The number of imidazole rings is 1. The molecular formula is C15H22N6. The molecule has 3 rings (SSSR count). The lowest BCUT2D eigenvalue weighted by Gasteiger charge is -2.24. The molecule has 1 N–H and O–H groups in total. The Morgan fingerprint density at radius 2 is 2.29 bits per heavy atom. The Bertz CT molecular complexity index is 580. The van der Waals surface area contributed by atoms with Crippen LogP contribution in [0, 0.1) is 6.92 Å². The van der Waals surface area contributed by atoms with Gasteiger partial charge in [0.1, 0.15) is 6.33 Å². The van der Waals surface area contributed by atoms with Crippen molar-refractivity contribution in [2.45, 2.75) is 25.8 Å². The molecule has 1 aliphatic heterocycles. The van der Waals surface area contributed by atoms with Crippen molar-refractivity contribution in [3.8, 4) is 5.95 Å². The van der Waals surface area contributed by atoms with E-state index in [1.807, 2.05) is 24.7 Å². The summed E-state index contributed by atoms with van der Waals surface area (Å²) in [6.07, 6.45) is 7.78. The van der Waals surface area contributed by atoms with Crippen molar-refractivity contribution in [2.75, 3.05) is 26.7 Å². The molecule has 1 fully saturated rings. The number of likely N-dealkylation sites (N-methyl/N-ethyl adjacent to an activating group) is 1. The van der Waals surface area contributed by atoms with Crippen LogP contribution in [-0.2, 0) is 0 Å². The second kappa shape index (κ2) is 6.32. The molecule has 0 amide bonds. The molecule has 0 aromatic carbocycles. The van der Waals surface area contributed by atoms with Gasteiger partial charge in [-0.25, -0.2) is 15.0 Å². The molecule has 0 aliphatic carbocycles. The van der Waals surface area contributed by atoms with Gasteiger partial charge in [0, 0.05) is 31.2 Å². The Morgan fingerprint density at radius 1 is 1.38 bits per heavy atom. The fourth-order valence-electron chi connectivity index (χ4n) is 2.92. The first kappa shape index (κ1) is 14.2. The number of hydrogen-bond acceptors (Lipinski definition) is 5. The summed E-state index contributed by atoms with van der Waals surface area (Å²) < 4.78 is 1.86. The Balaban J connectivity index is 1.87. The third kappa shape index (κ3) is 3.11. The van der Waals surface area contributed by atoms with Gasteiger partial charge < -0.3 is 5.32 Å². The second-order valence-electron chi connectivity index (χ2n) is 5.50. The average molecular weight is 286 g/mol. The first-order chi connectivity index (χ1) is 10.3. The third-order valence-corrected chi connectivity index (χ3v) is 3.95. The molecule has 1 unspecified atom stereocenters. The van der Waals surface area contributed by atoms with Gasteiger partial charge in [-0.15, -0.1) is 0 Å². The van der Waals surface area contributed by atoms with E-state index in [1.54, 1.807) is 12.5 Å². The van der Waals surface area contributed by atoms with E-state index in [0.717, 1.165) is 31.0 Å². The molecule has 6 heteroatoms. The zero-order valence-corrected chi connectivity index (χ0v) is 12.7. The van der Waals surface area contributed by atoms with Gasteiger partial charge in [0.05, 0.1) is 11.7 Å². The van der Waals surface area contributed by atoms with Crippen molar-refractivity contribution in [1.29, 1.82) is 0 Å². The highest BCUT2D eigenvalue weighted by Crippen LogP contribution is 2.30. The van der Waals surface area contributed by atoms with Crippen molar-refractivity contribution in [3.63, 3.8) is 0 Å².